The number of para-hydroxylation sites is 1. The summed E-state index contributed by atoms with van der Waals surface area (Å²) in [6.45, 7) is 1.46. The third-order valence-electron chi connectivity index (χ3n) is 4.01. The Bertz CT molecular complexity index is 1100. The zero-order valence-corrected chi connectivity index (χ0v) is 15.0. The molecule has 0 saturated heterocycles. The first kappa shape index (κ1) is 17.9. The minimum Gasteiger partial charge on any atom is -0.451 e. The molecule has 6 nitrogen and oxygen atoms in total. The van der Waals surface area contributed by atoms with Crippen molar-refractivity contribution < 1.29 is 22.7 Å². The van der Waals surface area contributed by atoms with Crippen molar-refractivity contribution in [2.45, 2.75) is 17.9 Å². The van der Waals surface area contributed by atoms with Gasteiger partial charge in [-0.15, -0.1) is 0 Å². The molecule has 3 rings (SSSR count). The standard InChI is InChI=1S/C19H17NO5S/c1-12(18(21)15-11-20-16-9-5-3-7-13(15)16)25-19(22)14-8-4-6-10-17(14)26(2,23)24/h3-12,20H,1-2H3. The van der Waals surface area contributed by atoms with E-state index >= 15 is 0 Å². The fourth-order valence-corrected chi connectivity index (χ4v) is 3.61. The molecule has 0 radical (unpaired) electrons. The highest BCUT2D eigenvalue weighted by Crippen LogP contribution is 2.21. The number of sulfone groups is 1. The second kappa shape index (κ2) is 6.76. The summed E-state index contributed by atoms with van der Waals surface area (Å²) >= 11 is 0. The lowest BCUT2D eigenvalue weighted by Gasteiger charge is -2.13. The molecular formula is C19H17NO5S. The normalized spacial score (nSPS) is 12.7. The van der Waals surface area contributed by atoms with Crippen LogP contribution in [0.2, 0.25) is 0 Å². The topological polar surface area (TPSA) is 93.3 Å². The van der Waals surface area contributed by atoms with E-state index in [0.717, 1.165) is 17.2 Å². The number of nitrogens with one attached hydrogen (secondary N) is 1. The van der Waals surface area contributed by atoms with Crippen molar-refractivity contribution >= 4 is 32.5 Å². The monoisotopic (exact) mass is 371 g/mol. The smallest absolute Gasteiger partial charge is 0.340 e. The van der Waals surface area contributed by atoms with Crippen LogP contribution in [-0.2, 0) is 14.6 Å². The maximum absolute atomic E-state index is 12.7. The molecule has 3 aromatic rings. The van der Waals surface area contributed by atoms with E-state index in [1.165, 1.54) is 31.2 Å². The number of ether oxygens (including phenoxy) is 1. The minimum absolute atomic E-state index is 0.0893. The Balaban J connectivity index is 1.85. The van der Waals surface area contributed by atoms with E-state index in [2.05, 4.69) is 4.98 Å². The molecule has 0 amide bonds. The van der Waals surface area contributed by atoms with E-state index in [1.807, 2.05) is 18.2 Å². The fourth-order valence-electron chi connectivity index (χ4n) is 2.73. The number of hydrogen-bond donors (Lipinski definition) is 1. The summed E-state index contributed by atoms with van der Waals surface area (Å²) in [7, 11) is -3.60. The molecule has 0 aliphatic heterocycles. The van der Waals surface area contributed by atoms with E-state index < -0.39 is 21.9 Å². The number of rotatable bonds is 5. The molecule has 1 unspecified atom stereocenters. The van der Waals surface area contributed by atoms with Crippen molar-refractivity contribution in [3.63, 3.8) is 0 Å². The van der Waals surface area contributed by atoms with E-state index in [4.69, 9.17) is 4.74 Å². The van der Waals surface area contributed by atoms with Crippen LogP contribution in [0.1, 0.15) is 27.6 Å². The third kappa shape index (κ3) is 3.39. The van der Waals surface area contributed by atoms with Crippen LogP contribution in [0.5, 0.6) is 0 Å². The molecule has 1 heterocycles. The van der Waals surface area contributed by atoms with Gasteiger partial charge in [-0.25, -0.2) is 13.2 Å². The number of aromatic nitrogens is 1. The van der Waals surface area contributed by atoms with Gasteiger partial charge in [-0.2, -0.15) is 0 Å². The molecule has 0 aliphatic carbocycles. The highest BCUT2D eigenvalue weighted by molar-refractivity contribution is 7.90. The van der Waals surface area contributed by atoms with Gasteiger partial charge in [-0.05, 0) is 25.1 Å². The van der Waals surface area contributed by atoms with Crippen LogP contribution in [0.25, 0.3) is 10.9 Å². The van der Waals surface area contributed by atoms with Crippen molar-refractivity contribution in [3.05, 3.63) is 65.9 Å². The van der Waals surface area contributed by atoms with Gasteiger partial charge in [0.1, 0.15) is 0 Å². The number of carbonyl (C=O) groups excluding carboxylic acids is 2. The molecule has 2 aromatic carbocycles. The molecule has 0 spiro atoms. The summed E-state index contributed by atoms with van der Waals surface area (Å²) in [5.74, 6) is -1.22. The predicted octanol–water partition coefficient (Wildman–Crippen LogP) is 3.00. The number of benzene rings is 2. The van der Waals surface area contributed by atoms with Crippen LogP contribution in [0.3, 0.4) is 0 Å². The second-order valence-electron chi connectivity index (χ2n) is 5.93. The second-order valence-corrected chi connectivity index (χ2v) is 7.91. The third-order valence-corrected chi connectivity index (χ3v) is 5.17. The number of H-pyrrole nitrogens is 1. The number of carbonyl (C=O) groups is 2. The van der Waals surface area contributed by atoms with Gasteiger partial charge in [0.05, 0.1) is 10.5 Å². The highest BCUT2D eigenvalue weighted by atomic mass is 32.2. The van der Waals surface area contributed by atoms with Gasteiger partial charge in [0, 0.05) is 28.9 Å². The maximum Gasteiger partial charge on any atom is 0.340 e. The quantitative estimate of drug-likeness (QED) is 0.550. The molecule has 134 valence electrons. The number of aromatic amines is 1. The predicted molar refractivity (Wildman–Crippen MR) is 97.1 cm³/mol. The van der Waals surface area contributed by atoms with Crippen molar-refractivity contribution in [2.75, 3.05) is 6.26 Å². The van der Waals surface area contributed by atoms with E-state index in [9.17, 15) is 18.0 Å². The summed E-state index contributed by atoms with van der Waals surface area (Å²) in [4.78, 5) is 27.9. The summed E-state index contributed by atoms with van der Waals surface area (Å²) < 4.78 is 28.9. The van der Waals surface area contributed by atoms with Crippen LogP contribution in [0, 0.1) is 0 Å². The summed E-state index contributed by atoms with van der Waals surface area (Å²) in [5, 5.41) is 0.733. The molecule has 1 atom stereocenters. The van der Waals surface area contributed by atoms with Crippen molar-refractivity contribution in [3.8, 4) is 0 Å². The van der Waals surface area contributed by atoms with Gasteiger partial charge in [-0.1, -0.05) is 30.3 Å². The van der Waals surface area contributed by atoms with Gasteiger partial charge >= 0.3 is 5.97 Å². The Morgan fingerprint density at radius 2 is 1.65 bits per heavy atom. The van der Waals surface area contributed by atoms with Gasteiger partial charge < -0.3 is 9.72 Å². The van der Waals surface area contributed by atoms with E-state index in [1.54, 1.807) is 12.3 Å². The van der Waals surface area contributed by atoms with Crippen LogP contribution in [0.4, 0.5) is 0 Å². The molecule has 0 bridgehead atoms. The lowest BCUT2D eigenvalue weighted by Crippen LogP contribution is -2.25. The summed E-state index contributed by atoms with van der Waals surface area (Å²) in [5.41, 5.74) is 1.13. The largest absolute Gasteiger partial charge is 0.451 e. The Kier molecular flexibility index (Phi) is 4.65. The molecule has 0 saturated carbocycles. The molecule has 0 fully saturated rings. The number of Topliss-reactive ketones (excluding diaryl/α,β-unsaturated/α-hetero) is 1. The minimum atomic E-state index is -3.60. The van der Waals surface area contributed by atoms with Crippen LogP contribution < -0.4 is 0 Å². The van der Waals surface area contributed by atoms with Crippen molar-refractivity contribution in [1.29, 1.82) is 0 Å². The first-order valence-corrected chi connectivity index (χ1v) is 9.78. The van der Waals surface area contributed by atoms with Crippen LogP contribution in [0.15, 0.2) is 59.6 Å². The highest BCUT2D eigenvalue weighted by Gasteiger charge is 2.25. The molecular weight excluding hydrogens is 354 g/mol. The Morgan fingerprint density at radius 3 is 2.38 bits per heavy atom. The first-order valence-electron chi connectivity index (χ1n) is 7.89. The van der Waals surface area contributed by atoms with Gasteiger partial charge in [-0.3, -0.25) is 4.79 Å². The average Bonchev–Trinajstić information content (AvgIpc) is 3.04. The Hall–Kier alpha value is -2.93. The Labute approximate surface area is 150 Å². The van der Waals surface area contributed by atoms with Gasteiger partial charge in [0.2, 0.25) is 5.78 Å². The van der Waals surface area contributed by atoms with Gasteiger partial charge in [0.25, 0.3) is 0 Å². The maximum atomic E-state index is 12.7. The SMILES string of the molecule is CC(OC(=O)c1ccccc1S(C)(=O)=O)C(=O)c1c[nH]c2ccccc12. The zero-order chi connectivity index (χ0) is 18.9. The molecule has 0 aliphatic rings. The van der Waals surface area contributed by atoms with E-state index in [-0.39, 0.29) is 16.2 Å². The van der Waals surface area contributed by atoms with Crippen molar-refractivity contribution in [1.82, 2.24) is 4.98 Å². The number of ketones is 1. The number of hydrogen-bond acceptors (Lipinski definition) is 5. The molecule has 7 heteroatoms. The Morgan fingerprint density at radius 1 is 1.00 bits per heavy atom. The first-order chi connectivity index (χ1) is 12.3. The van der Waals surface area contributed by atoms with Crippen LogP contribution in [-0.4, -0.2) is 37.5 Å². The lowest BCUT2D eigenvalue weighted by molar-refractivity contribution is 0.0315. The zero-order valence-electron chi connectivity index (χ0n) is 14.2. The fraction of sp³-hybridized carbons (Fsp3) is 0.158. The van der Waals surface area contributed by atoms with Gasteiger partial charge in [0.15, 0.2) is 15.9 Å². The molecule has 1 aromatic heterocycles. The lowest BCUT2D eigenvalue weighted by atomic mass is 10.1. The summed E-state index contributed by atoms with van der Waals surface area (Å²) in [6.07, 6.45) is 1.52. The average molecular weight is 371 g/mol. The summed E-state index contributed by atoms with van der Waals surface area (Å²) in [6, 6.07) is 13.0. The number of esters is 1. The van der Waals surface area contributed by atoms with Crippen molar-refractivity contribution in [2.24, 2.45) is 0 Å². The molecule has 1 N–H and O–H groups in total. The van der Waals surface area contributed by atoms with E-state index in [0.29, 0.717) is 5.56 Å². The number of fused-ring (bicyclic) bond motifs is 1. The van der Waals surface area contributed by atoms with Crippen LogP contribution >= 0.6 is 0 Å². The molecule has 26 heavy (non-hydrogen) atoms.